The van der Waals surface area contributed by atoms with E-state index in [1.165, 1.54) is 30.0 Å². The highest BCUT2D eigenvalue weighted by molar-refractivity contribution is 7.98. The molecule has 0 bridgehead atoms. The standard InChI is InChI=1S/C18H15F4NOS/c1-18(10-25-9-13-14(20)3-2-4-15(13)21)8-17(23-24-18)12-7-11(19)5-6-16(12)22/h2-7H,8-10H2,1H3. The van der Waals surface area contributed by atoms with Gasteiger partial charge in [-0.25, -0.2) is 17.6 Å². The van der Waals surface area contributed by atoms with Gasteiger partial charge in [0.25, 0.3) is 0 Å². The Bertz CT molecular complexity index is 806. The number of hydrogen-bond acceptors (Lipinski definition) is 3. The van der Waals surface area contributed by atoms with Gasteiger partial charge in [-0.3, -0.25) is 0 Å². The van der Waals surface area contributed by atoms with Gasteiger partial charge in [0.05, 0.1) is 5.71 Å². The predicted octanol–water partition coefficient (Wildman–Crippen LogP) is 5.06. The van der Waals surface area contributed by atoms with Crippen LogP contribution in [-0.4, -0.2) is 17.1 Å². The molecule has 1 aliphatic heterocycles. The second-order valence-corrected chi connectivity index (χ2v) is 7.06. The molecule has 0 saturated heterocycles. The third-order valence-corrected chi connectivity index (χ3v) is 5.18. The first-order valence-electron chi connectivity index (χ1n) is 7.59. The molecule has 0 aliphatic carbocycles. The molecule has 0 spiro atoms. The van der Waals surface area contributed by atoms with E-state index in [4.69, 9.17) is 4.84 Å². The fourth-order valence-electron chi connectivity index (χ4n) is 2.56. The zero-order chi connectivity index (χ0) is 18.0. The largest absolute Gasteiger partial charge is 0.388 e. The number of thioether (sulfide) groups is 1. The maximum absolute atomic E-state index is 13.8. The van der Waals surface area contributed by atoms with Gasteiger partial charge in [-0.2, -0.15) is 11.8 Å². The first kappa shape index (κ1) is 17.8. The van der Waals surface area contributed by atoms with Gasteiger partial charge in [0.1, 0.15) is 28.9 Å². The van der Waals surface area contributed by atoms with Crippen LogP contribution in [0.4, 0.5) is 17.6 Å². The van der Waals surface area contributed by atoms with Gasteiger partial charge in [0.2, 0.25) is 0 Å². The second kappa shape index (κ2) is 7.07. The number of hydrogen-bond donors (Lipinski definition) is 0. The van der Waals surface area contributed by atoms with Crippen LogP contribution in [0.2, 0.25) is 0 Å². The van der Waals surface area contributed by atoms with E-state index in [2.05, 4.69) is 5.16 Å². The molecule has 3 rings (SSSR count). The van der Waals surface area contributed by atoms with E-state index in [9.17, 15) is 17.6 Å². The monoisotopic (exact) mass is 369 g/mol. The Hall–Kier alpha value is -2.02. The molecule has 0 N–H and O–H groups in total. The minimum Gasteiger partial charge on any atom is -0.388 e. The lowest BCUT2D eigenvalue weighted by atomic mass is 9.97. The molecule has 2 nitrogen and oxygen atoms in total. The Morgan fingerprint density at radius 2 is 1.80 bits per heavy atom. The summed E-state index contributed by atoms with van der Waals surface area (Å²) in [4.78, 5) is 5.39. The van der Waals surface area contributed by atoms with Crippen LogP contribution in [-0.2, 0) is 10.6 Å². The number of halogens is 4. The molecular weight excluding hydrogens is 354 g/mol. The quantitative estimate of drug-likeness (QED) is 0.687. The highest BCUT2D eigenvalue weighted by Crippen LogP contribution is 2.32. The molecule has 0 fully saturated rings. The smallest absolute Gasteiger partial charge is 0.149 e. The van der Waals surface area contributed by atoms with E-state index in [1.807, 2.05) is 0 Å². The van der Waals surface area contributed by atoms with Gasteiger partial charge in [0.15, 0.2) is 0 Å². The van der Waals surface area contributed by atoms with Crippen molar-refractivity contribution in [2.45, 2.75) is 24.7 Å². The van der Waals surface area contributed by atoms with Crippen molar-refractivity contribution in [3.63, 3.8) is 0 Å². The average molecular weight is 369 g/mol. The maximum atomic E-state index is 13.8. The van der Waals surface area contributed by atoms with Crippen LogP contribution in [0.3, 0.4) is 0 Å². The normalized spacial score (nSPS) is 19.6. The lowest BCUT2D eigenvalue weighted by Gasteiger charge is -2.21. The summed E-state index contributed by atoms with van der Waals surface area (Å²) >= 11 is 1.29. The summed E-state index contributed by atoms with van der Waals surface area (Å²) in [5.74, 6) is -1.79. The summed E-state index contributed by atoms with van der Waals surface area (Å²) in [5.41, 5.74) is -0.363. The Morgan fingerprint density at radius 1 is 1.08 bits per heavy atom. The number of oxime groups is 1. The third kappa shape index (κ3) is 3.98. The van der Waals surface area contributed by atoms with Gasteiger partial charge in [0, 0.05) is 29.1 Å². The van der Waals surface area contributed by atoms with Gasteiger partial charge < -0.3 is 4.84 Å². The van der Waals surface area contributed by atoms with Crippen LogP contribution in [0.25, 0.3) is 0 Å². The van der Waals surface area contributed by atoms with Gasteiger partial charge >= 0.3 is 0 Å². The molecule has 0 amide bonds. The number of nitrogens with zero attached hydrogens (tertiary/aromatic N) is 1. The van der Waals surface area contributed by atoms with Crippen LogP contribution in [0, 0.1) is 23.3 Å². The lowest BCUT2D eigenvalue weighted by molar-refractivity contribution is 0.0163. The van der Waals surface area contributed by atoms with Crippen LogP contribution >= 0.6 is 11.8 Å². The summed E-state index contributed by atoms with van der Waals surface area (Å²) in [6.07, 6.45) is 0.278. The molecule has 1 unspecified atom stereocenters. The van der Waals surface area contributed by atoms with Crippen molar-refractivity contribution in [3.8, 4) is 0 Å². The van der Waals surface area contributed by atoms with Crippen molar-refractivity contribution in [3.05, 3.63) is 70.8 Å². The van der Waals surface area contributed by atoms with Crippen LogP contribution < -0.4 is 0 Å². The van der Waals surface area contributed by atoms with Crippen LogP contribution in [0.15, 0.2) is 41.6 Å². The van der Waals surface area contributed by atoms with Gasteiger partial charge in [-0.05, 0) is 37.3 Å². The summed E-state index contributed by atoms with van der Waals surface area (Å²) in [6, 6.07) is 6.88. The number of benzene rings is 2. The highest BCUT2D eigenvalue weighted by atomic mass is 32.2. The highest BCUT2D eigenvalue weighted by Gasteiger charge is 2.35. The molecular formula is C18H15F4NOS. The van der Waals surface area contributed by atoms with Crippen molar-refractivity contribution in [1.29, 1.82) is 0 Å². The fourth-order valence-corrected chi connectivity index (χ4v) is 3.73. The Balaban J connectivity index is 1.62. The molecule has 0 radical (unpaired) electrons. The summed E-state index contributed by atoms with van der Waals surface area (Å²) in [6.45, 7) is 1.77. The van der Waals surface area contributed by atoms with Crippen molar-refractivity contribution in [2.75, 3.05) is 5.75 Å². The molecule has 1 aliphatic rings. The number of rotatable bonds is 5. The lowest BCUT2D eigenvalue weighted by Crippen LogP contribution is -2.28. The Kier molecular flexibility index (Phi) is 5.03. The Morgan fingerprint density at radius 3 is 2.52 bits per heavy atom. The van der Waals surface area contributed by atoms with E-state index in [1.54, 1.807) is 6.92 Å². The SMILES string of the molecule is CC1(CSCc2c(F)cccc2F)CC(c2cc(F)ccc2F)=NO1. The van der Waals surface area contributed by atoms with E-state index >= 15 is 0 Å². The first-order chi connectivity index (χ1) is 11.9. The van der Waals surface area contributed by atoms with E-state index in [0.717, 1.165) is 18.2 Å². The van der Waals surface area contributed by atoms with E-state index < -0.39 is 28.9 Å². The molecule has 0 saturated carbocycles. The molecule has 132 valence electrons. The molecule has 2 aromatic rings. The van der Waals surface area contributed by atoms with Gasteiger partial charge in [-0.15, -0.1) is 0 Å². The second-order valence-electron chi connectivity index (χ2n) is 6.07. The minimum absolute atomic E-state index is 0.00594. The van der Waals surface area contributed by atoms with Crippen molar-refractivity contribution < 1.29 is 22.4 Å². The van der Waals surface area contributed by atoms with Crippen molar-refractivity contribution in [1.82, 2.24) is 0 Å². The molecule has 1 atom stereocenters. The molecule has 25 heavy (non-hydrogen) atoms. The fraction of sp³-hybridized carbons (Fsp3) is 0.278. The predicted molar refractivity (Wildman–Crippen MR) is 89.5 cm³/mol. The van der Waals surface area contributed by atoms with E-state index in [-0.39, 0.29) is 23.3 Å². The zero-order valence-electron chi connectivity index (χ0n) is 13.4. The summed E-state index contributed by atoms with van der Waals surface area (Å²) in [5, 5.41) is 3.87. The van der Waals surface area contributed by atoms with Gasteiger partial charge in [-0.1, -0.05) is 11.2 Å². The minimum atomic E-state index is -0.750. The molecule has 7 heteroatoms. The Labute approximate surface area is 146 Å². The molecule has 1 heterocycles. The first-order valence-corrected chi connectivity index (χ1v) is 8.74. The third-order valence-electron chi connectivity index (χ3n) is 3.87. The maximum Gasteiger partial charge on any atom is 0.149 e. The van der Waals surface area contributed by atoms with Crippen LogP contribution in [0.1, 0.15) is 24.5 Å². The summed E-state index contributed by atoms with van der Waals surface area (Å²) < 4.78 is 54.4. The molecule has 0 aromatic heterocycles. The topological polar surface area (TPSA) is 21.6 Å². The van der Waals surface area contributed by atoms with Crippen LogP contribution in [0.5, 0.6) is 0 Å². The molecule has 2 aromatic carbocycles. The van der Waals surface area contributed by atoms with Crippen molar-refractivity contribution >= 4 is 17.5 Å². The van der Waals surface area contributed by atoms with E-state index in [0.29, 0.717) is 11.5 Å². The average Bonchev–Trinajstić information content (AvgIpc) is 2.95. The summed E-state index contributed by atoms with van der Waals surface area (Å²) in [7, 11) is 0. The zero-order valence-corrected chi connectivity index (χ0v) is 14.2. The van der Waals surface area contributed by atoms with Crippen molar-refractivity contribution in [2.24, 2.45) is 5.16 Å².